The van der Waals surface area contributed by atoms with Gasteiger partial charge in [-0.1, -0.05) is 11.6 Å². The van der Waals surface area contributed by atoms with Gasteiger partial charge < -0.3 is 19.7 Å². The first-order chi connectivity index (χ1) is 11.7. The number of ether oxygens (including phenoxy) is 2. The van der Waals surface area contributed by atoms with Crippen molar-refractivity contribution in [3.63, 3.8) is 0 Å². The minimum absolute atomic E-state index is 0. The summed E-state index contributed by atoms with van der Waals surface area (Å²) in [5, 5.41) is 3.34. The van der Waals surface area contributed by atoms with Crippen molar-refractivity contribution in [1.82, 2.24) is 10.2 Å². The highest BCUT2D eigenvalue weighted by molar-refractivity contribution is 14.0. The average molecular weight is 502 g/mol. The highest BCUT2D eigenvalue weighted by atomic mass is 127. The number of thiophene rings is 1. The summed E-state index contributed by atoms with van der Waals surface area (Å²) >= 11 is 7.61. The van der Waals surface area contributed by atoms with E-state index < -0.39 is 0 Å². The standard InChI is InChI=1S/C17H28ClN3O2S.HI/c1-3-19-17(21(2)13-15-5-6-16(18)24-15)20-9-4-10-23-14-7-11-22-12-8-14;/h5-6,14H,3-4,7-13H2,1-2H3,(H,19,20);1H. The summed E-state index contributed by atoms with van der Waals surface area (Å²) < 4.78 is 12.1. The Hall–Kier alpha value is -0.0900. The van der Waals surface area contributed by atoms with Crippen LogP contribution in [-0.4, -0.2) is 56.9 Å². The first kappa shape index (κ1) is 23.0. The van der Waals surface area contributed by atoms with Gasteiger partial charge in [-0.3, -0.25) is 4.99 Å². The Morgan fingerprint density at radius 3 is 2.84 bits per heavy atom. The summed E-state index contributed by atoms with van der Waals surface area (Å²) in [6.07, 6.45) is 3.32. The van der Waals surface area contributed by atoms with Crippen molar-refractivity contribution in [3.05, 3.63) is 21.3 Å². The summed E-state index contributed by atoms with van der Waals surface area (Å²) in [6, 6.07) is 4.00. The fourth-order valence-electron chi connectivity index (χ4n) is 2.56. The van der Waals surface area contributed by atoms with E-state index >= 15 is 0 Å². The molecule has 25 heavy (non-hydrogen) atoms. The molecule has 0 bridgehead atoms. The first-order valence-corrected chi connectivity index (χ1v) is 9.81. The van der Waals surface area contributed by atoms with Crippen LogP contribution in [0.15, 0.2) is 17.1 Å². The van der Waals surface area contributed by atoms with Gasteiger partial charge in [0.25, 0.3) is 0 Å². The monoisotopic (exact) mass is 501 g/mol. The van der Waals surface area contributed by atoms with Gasteiger partial charge in [0.05, 0.1) is 17.0 Å². The third-order valence-corrected chi connectivity index (χ3v) is 5.02. The molecule has 1 aromatic heterocycles. The van der Waals surface area contributed by atoms with Gasteiger partial charge in [-0.2, -0.15) is 0 Å². The van der Waals surface area contributed by atoms with E-state index in [-0.39, 0.29) is 24.0 Å². The average Bonchev–Trinajstić information content (AvgIpc) is 2.99. The molecule has 1 aliphatic rings. The van der Waals surface area contributed by atoms with Gasteiger partial charge in [0.2, 0.25) is 0 Å². The van der Waals surface area contributed by atoms with Crippen LogP contribution >= 0.6 is 46.9 Å². The van der Waals surface area contributed by atoms with Crippen molar-refractivity contribution in [3.8, 4) is 0 Å². The fraction of sp³-hybridized carbons (Fsp3) is 0.706. The molecule has 0 aliphatic carbocycles. The predicted octanol–water partition coefficient (Wildman–Crippen LogP) is 4.00. The molecule has 0 amide bonds. The van der Waals surface area contributed by atoms with Gasteiger partial charge in [-0.15, -0.1) is 35.3 Å². The molecule has 1 saturated heterocycles. The molecule has 0 atom stereocenters. The van der Waals surface area contributed by atoms with Crippen LogP contribution in [0.4, 0.5) is 0 Å². The van der Waals surface area contributed by atoms with E-state index in [2.05, 4.69) is 23.2 Å². The maximum atomic E-state index is 6.00. The normalized spacial score (nSPS) is 15.7. The van der Waals surface area contributed by atoms with Gasteiger partial charge in [0, 0.05) is 44.8 Å². The number of rotatable bonds is 8. The zero-order valence-electron chi connectivity index (χ0n) is 15.0. The number of hydrogen-bond acceptors (Lipinski definition) is 4. The SMILES string of the molecule is CCNC(=NCCCOC1CCOCC1)N(C)Cc1ccc(Cl)s1.I. The molecular weight excluding hydrogens is 473 g/mol. The number of nitrogens with one attached hydrogen (secondary N) is 1. The van der Waals surface area contributed by atoms with Crippen molar-refractivity contribution >= 4 is 52.9 Å². The summed E-state index contributed by atoms with van der Waals surface area (Å²) in [5.74, 6) is 0.924. The third-order valence-electron chi connectivity index (χ3n) is 3.80. The minimum Gasteiger partial charge on any atom is -0.381 e. The zero-order chi connectivity index (χ0) is 17.2. The number of nitrogens with zero attached hydrogens (tertiary/aromatic N) is 2. The lowest BCUT2D eigenvalue weighted by atomic mass is 10.1. The van der Waals surface area contributed by atoms with E-state index in [1.54, 1.807) is 11.3 Å². The molecular formula is C17H29ClIN3O2S. The van der Waals surface area contributed by atoms with Crippen LogP contribution in [0.2, 0.25) is 4.34 Å². The molecule has 1 N–H and O–H groups in total. The lowest BCUT2D eigenvalue weighted by Gasteiger charge is -2.23. The van der Waals surface area contributed by atoms with Crippen LogP contribution in [0.5, 0.6) is 0 Å². The maximum absolute atomic E-state index is 6.00. The lowest BCUT2D eigenvalue weighted by Crippen LogP contribution is -2.38. The molecule has 0 saturated carbocycles. The maximum Gasteiger partial charge on any atom is 0.193 e. The van der Waals surface area contributed by atoms with Crippen LogP contribution in [-0.2, 0) is 16.0 Å². The van der Waals surface area contributed by atoms with Crippen LogP contribution in [0, 0.1) is 0 Å². The van der Waals surface area contributed by atoms with Gasteiger partial charge >= 0.3 is 0 Å². The Labute approximate surface area is 177 Å². The van der Waals surface area contributed by atoms with E-state index in [4.69, 9.17) is 26.1 Å². The second kappa shape index (κ2) is 13.1. The number of halogens is 2. The summed E-state index contributed by atoms with van der Waals surface area (Å²) in [4.78, 5) is 8.06. The second-order valence-corrected chi connectivity index (χ2v) is 7.63. The topological polar surface area (TPSA) is 46.1 Å². The summed E-state index contributed by atoms with van der Waals surface area (Å²) in [7, 11) is 2.05. The number of hydrogen-bond donors (Lipinski definition) is 1. The lowest BCUT2D eigenvalue weighted by molar-refractivity contribution is -0.0318. The quantitative estimate of drug-likeness (QED) is 0.253. The van der Waals surface area contributed by atoms with Crippen LogP contribution in [0.3, 0.4) is 0 Å². The van der Waals surface area contributed by atoms with Gasteiger partial charge in [0.15, 0.2) is 5.96 Å². The summed E-state index contributed by atoms with van der Waals surface area (Å²) in [5.41, 5.74) is 0. The molecule has 2 heterocycles. The largest absolute Gasteiger partial charge is 0.381 e. The molecule has 1 aliphatic heterocycles. The van der Waals surface area contributed by atoms with Crippen molar-refractivity contribution in [1.29, 1.82) is 0 Å². The Bertz CT molecular complexity index is 510. The molecule has 2 rings (SSSR count). The molecule has 8 heteroatoms. The Kier molecular flexibility index (Phi) is 12.1. The number of aliphatic imine (C=N–C) groups is 1. The van der Waals surface area contributed by atoms with Crippen LogP contribution in [0.25, 0.3) is 0 Å². The highest BCUT2D eigenvalue weighted by Crippen LogP contribution is 2.22. The molecule has 1 aromatic rings. The molecule has 5 nitrogen and oxygen atoms in total. The highest BCUT2D eigenvalue weighted by Gasteiger charge is 2.13. The van der Waals surface area contributed by atoms with E-state index in [1.165, 1.54) is 4.88 Å². The van der Waals surface area contributed by atoms with Crippen molar-refractivity contribution in [2.45, 2.75) is 38.8 Å². The molecule has 0 radical (unpaired) electrons. The third kappa shape index (κ3) is 8.90. The smallest absolute Gasteiger partial charge is 0.193 e. The molecule has 0 spiro atoms. The second-order valence-electron chi connectivity index (χ2n) is 5.83. The van der Waals surface area contributed by atoms with Crippen molar-refractivity contribution in [2.24, 2.45) is 4.99 Å². The van der Waals surface area contributed by atoms with E-state index in [0.717, 1.165) is 69.0 Å². The molecule has 0 aromatic carbocycles. The first-order valence-electron chi connectivity index (χ1n) is 8.62. The van der Waals surface area contributed by atoms with Gasteiger partial charge in [-0.25, -0.2) is 0 Å². The minimum atomic E-state index is 0. The Morgan fingerprint density at radius 1 is 1.44 bits per heavy atom. The molecule has 1 fully saturated rings. The predicted molar refractivity (Wildman–Crippen MR) is 117 cm³/mol. The van der Waals surface area contributed by atoms with E-state index in [9.17, 15) is 0 Å². The van der Waals surface area contributed by atoms with Crippen molar-refractivity contribution in [2.75, 3.05) is 40.0 Å². The Balaban J connectivity index is 0.00000312. The van der Waals surface area contributed by atoms with E-state index in [0.29, 0.717) is 6.10 Å². The number of guanidine groups is 1. The van der Waals surface area contributed by atoms with Gasteiger partial charge in [-0.05, 0) is 38.3 Å². The fourth-order valence-corrected chi connectivity index (χ4v) is 3.70. The van der Waals surface area contributed by atoms with Crippen LogP contribution in [0.1, 0.15) is 31.1 Å². The van der Waals surface area contributed by atoms with E-state index in [1.807, 2.05) is 13.1 Å². The molecule has 0 unspecified atom stereocenters. The molecule has 144 valence electrons. The van der Waals surface area contributed by atoms with Gasteiger partial charge in [0.1, 0.15) is 0 Å². The zero-order valence-corrected chi connectivity index (χ0v) is 18.9. The summed E-state index contributed by atoms with van der Waals surface area (Å²) in [6.45, 7) is 6.92. The van der Waals surface area contributed by atoms with Crippen LogP contribution < -0.4 is 5.32 Å². The Morgan fingerprint density at radius 2 is 2.20 bits per heavy atom. The van der Waals surface area contributed by atoms with Crippen molar-refractivity contribution < 1.29 is 9.47 Å².